The van der Waals surface area contributed by atoms with Crippen molar-refractivity contribution in [3.8, 4) is 23.1 Å². The normalized spacial score (nSPS) is 13.8. The van der Waals surface area contributed by atoms with Gasteiger partial charge in [-0.3, -0.25) is 4.79 Å². The van der Waals surface area contributed by atoms with Crippen LogP contribution < -0.4 is 25.6 Å². The maximum atomic E-state index is 12.6. The van der Waals surface area contributed by atoms with E-state index >= 15 is 0 Å². The summed E-state index contributed by atoms with van der Waals surface area (Å²) >= 11 is 0. The van der Waals surface area contributed by atoms with Gasteiger partial charge in [0.05, 0.1) is 63.3 Å². The van der Waals surface area contributed by atoms with Crippen LogP contribution >= 0.6 is 0 Å². The van der Waals surface area contributed by atoms with Crippen LogP contribution in [0.3, 0.4) is 0 Å². The Labute approximate surface area is 294 Å². The topological polar surface area (TPSA) is 324 Å². The molecule has 264 valence electrons. The van der Waals surface area contributed by atoms with Gasteiger partial charge in [-0.1, -0.05) is 23.2 Å². The molecule has 0 bridgehead atoms. The van der Waals surface area contributed by atoms with Crippen LogP contribution in [0.4, 0.5) is 28.7 Å². The minimum atomic E-state index is -0.00741. The van der Waals surface area contributed by atoms with Gasteiger partial charge >= 0.3 is 0 Å². The molecule has 0 saturated carbocycles. The van der Waals surface area contributed by atoms with Crippen LogP contribution in [-0.4, -0.2) is 72.7 Å². The number of nitrogens with zero attached hydrogens (tertiary/aromatic N) is 19. The smallest absolute Gasteiger partial charge is 0.280 e. The van der Waals surface area contributed by atoms with E-state index in [0.717, 1.165) is 47.4 Å². The number of ether oxygens (including phenoxy) is 1. The molecule has 2 aromatic heterocycles. The Balaban J connectivity index is 0.000000436. The van der Waals surface area contributed by atoms with Crippen molar-refractivity contribution in [2.75, 3.05) is 62.2 Å². The van der Waals surface area contributed by atoms with Crippen molar-refractivity contribution >= 4 is 45.5 Å². The maximum absolute atomic E-state index is 12.6. The molecular formula is C29H31N21O2. The van der Waals surface area contributed by atoms with Gasteiger partial charge in [0.1, 0.15) is 18.4 Å². The zero-order chi connectivity index (χ0) is 37.8. The molecule has 0 radical (unpaired) electrons. The average Bonchev–Trinajstić information content (AvgIpc) is 3.79. The fraction of sp³-hybridized carbons (Fsp3) is 0.310. The van der Waals surface area contributed by atoms with Gasteiger partial charge in [-0.25, -0.2) is 9.97 Å². The number of carbonyl (C=O) groups excluding carboxylic acids is 1. The van der Waals surface area contributed by atoms with Crippen molar-refractivity contribution in [2.45, 2.75) is 19.0 Å². The Hall–Kier alpha value is -7.58. The number of likely N-dealkylation sites (N-methyl/N-ethyl adjacent to an activating group) is 2. The number of nitrogen functional groups attached to an aromatic ring is 1. The number of anilines is 5. The first kappa shape index (κ1) is 37.2. The van der Waals surface area contributed by atoms with Gasteiger partial charge in [0.25, 0.3) is 10.4 Å². The third kappa shape index (κ3) is 8.16. The number of hydrogen-bond acceptors (Lipinski definition) is 9. The molecule has 1 amide bonds. The van der Waals surface area contributed by atoms with E-state index in [9.17, 15) is 10.1 Å². The van der Waals surface area contributed by atoms with Crippen molar-refractivity contribution in [3.63, 3.8) is 0 Å². The summed E-state index contributed by atoms with van der Waals surface area (Å²) in [6.45, 7) is 2.03. The van der Waals surface area contributed by atoms with Gasteiger partial charge < -0.3 is 35.1 Å². The molecule has 1 saturated heterocycles. The van der Waals surface area contributed by atoms with Crippen LogP contribution in [0.1, 0.15) is 12.0 Å². The Morgan fingerprint density at radius 2 is 1.75 bits per heavy atom. The predicted molar refractivity (Wildman–Crippen MR) is 193 cm³/mol. The Bertz CT molecular complexity index is 2150. The number of rotatable bonds is 8. The zero-order valence-corrected chi connectivity index (χ0v) is 28.3. The quantitative estimate of drug-likeness (QED) is 0.0666. The number of benzene rings is 2. The van der Waals surface area contributed by atoms with E-state index in [1.807, 2.05) is 41.1 Å². The number of amides is 1. The fourth-order valence-corrected chi connectivity index (χ4v) is 5.74. The van der Waals surface area contributed by atoms with Gasteiger partial charge in [0.2, 0.25) is 11.9 Å². The van der Waals surface area contributed by atoms with Crippen molar-refractivity contribution < 1.29 is 9.53 Å². The Morgan fingerprint density at radius 1 is 1.08 bits per heavy atom. The van der Waals surface area contributed by atoms with Gasteiger partial charge in [0.15, 0.2) is 0 Å². The first-order chi connectivity index (χ1) is 25.1. The van der Waals surface area contributed by atoms with Crippen LogP contribution in [-0.2, 0) is 11.3 Å². The van der Waals surface area contributed by atoms with Gasteiger partial charge in [0, 0.05) is 59.2 Å². The lowest BCUT2D eigenvalue weighted by atomic mass is 10.1. The van der Waals surface area contributed by atoms with Crippen molar-refractivity contribution in [1.82, 2.24) is 19.4 Å². The van der Waals surface area contributed by atoms with E-state index in [1.54, 1.807) is 19.1 Å². The van der Waals surface area contributed by atoms with E-state index < -0.39 is 0 Å². The minimum absolute atomic E-state index is 0.00741. The standard InChI is InChI=1S/C29H31N9O2.2N6/c1-35(2)18-8-9-37(14-18)24-11-25(40-4)22(10-21(24)31)33-29-32-13-17(12-30)27(34-29)20-15-38-16-26(39)36(3)23-7-5-6-19(20)28(23)38;2*1-3-5-6-4-2/h5-7,10-11,13,15,18H,8-9,14,16,31H2,1-4H3,(H,32,33,34);;/t18-;;/m1../s1. The number of hydrogen-bond donors (Lipinski definition) is 2. The molecule has 0 spiro atoms. The molecular weight excluding hydrogens is 674 g/mol. The molecule has 2 aromatic carbocycles. The first-order valence-corrected chi connectivity index (χ1v) is 15.1. The van der Waals surface area contributed by atoms with Gasteiger partial charge in [-0.05, 0) is 32.6 Å². The van der Waals surface area contributed by atoms with E-state index in [1.165, 1.54) is 6.20 Å². The molecule has 0 aliphatic carbocycles. The monoisotopic (exact) mass is 705 g/mol. The highest BCUT2D eigenvalue weighted by atomic mass is 16.5. The van der Waals surface area contributed by atoms with E-state index in [4.69, 9.17) is 37.6 Å². The van der Waals surface area contributed by atoms with Crippen LogP contribution in [0, 0.1) is 11.3 Å². The molecule has 2 aliphatic heterocycles. The Morgan fingerprint density at radius 3 is 2.33 bits per heavy atom. The minimum Gasteiger partial charge on any atom is -0.494 e. The molecule has 1 atom stereocenters. The summed E-state index contributed by atoms with van der Waals surface area (Å²) in [6, 6.07) is 12.3. The predicted octanol–water partition coefficient (Wildman–Crippen LogP) is 6.47. The molecule has 2 aliphatic rings. The van der Waals surface area contributed by atoms with Gasteiger partial charge in [-0.2, -0.15) is 15.1 Å². The first-order valence-electron chi connectivity index (χ1n) is 15.1. The SMILES string of the molecule is COc1cc(N2CC[C@@H](N(C)C)C2)c(N)cc1Nc1ncc(C#N)c(-c2cn3c4c(cccc24)N(C)C(=O)C3)n1.[N-]=[N+]=NN=[N+]=[N-].[N-]=[N+]=NN=[N+]=[N-]. The second-order valence-electron chi connectivity index (χ2n) is 11.2. The maximum Gasteiger partial charge on any atom is 0.280 e. The second kappa shape index (κ2) is 17.2. The molecule has 3 N–H and O–H groups in total. The molecule has 1 fully saturated rings. The fourth-order valence-electron chi connectivity index (χ4n) is 5.74. The number of nitriles is 1. The summed E-state index contributed by atoms with van der Waals surface area (Å²) in [4.78, 5) is 36.4. The van der Waals surface area contributed by atoms with E-state index in [0.29, 0.717) is 40.4 Å². The average molecular weight is 706 g/mol. The number of methoxy groups -OCH3 is 1. The van der Waals surface area contributed by atoms with Crippen molar-refractivity contribution in [1.29, 1.82) is 5.26 Å². The lowest BCUT2D eigenvalue weighted by Gasteiger charge is -2.24. The number of para-hydroxylation sites is 1. The lowest BCUT2D eigenvalue weighted by molar-refractivity contribution is -0.119. The molecule has 52 heavy (non-hydrogen) atoms. The largest absolute Gasteiger partial charge is 0.494 e. The number of azide groups is 4. The molecule has 4 heterocycles. The number of nitrogens with two attached hydrogens (primary N) is 1. The number of carbonyl (C=O) groups is 1. The van der Waals surface area contributed by atoms with Crippen LogP contribution in [0.2, 0.25) is 0 Å². The summed E-state index contributed by atoms with van der Waals surface area (Å²) in [7, 11) is 7.58. The van der Waals surface area contributed by atoms with Crippen molar-refractivity contribution in [2.24, 2.45) is 20.9 Å². The third-order valence-electron chi connectivity index (χ3n) is 8.15. The van der Waals surface area contributed by atoms with Crippen LogP contribution in [0.15, 0.2) is 63.6 Å². The molecule has 23 heteroatoms. The number of nitrogens with one attached hydrogen (secondary N) is 1. The van der Waals surface area contributed by atoms with Crippen molar-refractivity contribution in [3.05, 3.63) is 90.1 Å². The van der Waals surface area contributed by atoms with Crippen LogP contribution in [0.5, 0.6) is 5.75 Å². The third-order valence-corrected chi connectivity index (χ3v) is 8.15. The van der Waals surface area contributed by atoms with E-state index in [-0.39, 0.29) is 12.5 Å². The molecule has 4 aromatic rings. The second-order valence-corrected chi connectivity index (χ2v) is 11.2. The highest BCUT2D eigenvalue weighted by Gasteiger charge is 2.28. The molecule has 6 rings (SSSR count). The summed E-state index contributed by atoms with van der Waals surface area (Å²) in [5, 5.41) is 24.0. The lowest BCUT2D eigenvalue weighted by Crippen LogP contribution is -2.33. The highest BCUT2D eigenvalue weighted by molar-refractivity contribution is 6.10. The van der Waals surface area contributed by atoms with E-state index in [2.05, 4.69) is 80.8 Å². The van der Waals surface area contributed by atoms with Gasteiger partial charge in [-0.15, -0.1) is 11.1 Å². The van der Waals surface area contributed by atoms with Crippen LogP contribution in [0.25, 0.3) is 63.9 Å². The summed E-state index contributed by atoms with van der Waals surface area (Å²) in [5.74, 6) is 0.904. The summed E-state index contributed by atoms with van der Waals surface area (Å²) < 4.78 is 7.64. The summed E-state index contributed by atoms with van der Waals surface area (Å²) in [5.41, 5.74) is 41.6. The molecule has 23 nitrogen and oxygen atoms in total. The summed E-state index contributed by atoms with van der Waals surface area (Å²) in [6.07, 6.45) is 4.46. The zero-order valence-electron chi connectivity index (χ0n) is 28.3. The Kier molecular flexibility index (Phi) is 12.3. The highest BCUT2D eigenvalue weighted by Crippen LogP contribution is 2.40. The number of aromatic nitrogens is 3. The molecule has 0 unspecified atom stereocenters.